The number of rotatable bonds is 3. The molecule has 2 aromatic carbocycles. The molecular weight excluding hydrogens is 522 g/mol. The maximum atomic E-state index is 13.0. The Morgan fingerprint density at radius 1 is 0.805 bits per heavy atom. The molecule has 1 aliphatic heterocycles. The van der Waals surface area contributed by atoms with Crippen molar-refractivity contribution in [1.82, 2.24) is 16.0 Å². The normalized spacial score (nSPS) is 21.1. The number of hydrogen-bond acceptors (Lipinski definition) is 5. The predicted molar refractivity (Wildman–Crippen MR) is 157 cm³/mol. The number of amides is 3. The minimum absolute atomic E-state index is 0.129. The van der Waals surface area contributed by atoms with E-state index in [2.05, 4.69) is 16.0 Å². The SMILES string of the molecule is O=C1CC[C@@H](C(=O)O)NC(=O)c2ccccc2OCCCCCCCCCCCNC(=O)[C@H](Cc2ccccc2)N1. The van der Waals surface area contributed by atoms with Crippen LogP contribution in [0, 0.1) is 0 Å². The van der Waals surface area contributed by atoms with E-state index in [0.29, 0.717) is 25.3 Å². The van der Waals surface area contributed by atoms with Gasteiger partial charge >= 0.3 is 5.97 Å². The number of carboxylic acid groups (broad SMARTS) is 1. The number of benzene rings is 2. The van der Waals surface area contributed by atoms with Crippen molar-refractivity contribution in [1.29, 1.82) is 0 Å². The predicted octanol–water partition coefficient (Wildman–Crippen LogP) is 4.40. The molecule has 1 aliphatic rings. The van der Waals surface area contributed by atoms with Crippen molar-refractivity contribution in [3.63, 3.8) is 0 Å². The van der Waals surface area contributed by atoms with E-state index in [1.807, 2.05) is 30.3 Å². The molecule has 0 spiro atoms. The van der Waals surface area contributed by atoms with Crippen LogP contribution in [-0.4, -0.2) is 54.0 Å². The standard InChI is InChI=1S/C32H43N3O6/c36-29-20-19-26(32(39)40)35-30(37)25-17-11-12-18-28(25)41-22-14-7-5-3-1-2-4-6-13-21-33-31(38)27(34-29)23-24-15-9-8-10-16-24/h8-12,15-18,26-27H,1-7,13-14,19-23H2,(H,33,38)(H,34,36)(H,35,37)(H,39,40)/t26-,27-/m0/s1. The molecule has 9 heteroatoms. The number of carbonyl (C=O) groups excluding carboxylic acids is 3. The van der Waals surface area contributed by atoms with Crippen LogP contribution in [0.25, 0.3) is 0 Å². The summed E-state index contributed by atoms with van der Waals surface area (Å²) in [6.07, 6.45) is 9.56. The Hall–Kier alpha value is -3.88. The summed E-state index contributed by atoms with van der Waals surface area (Å²) >= 11 is 0. The first-order chi connectivity index (χ1) is 19.9. The van der Waals surface area contributed by atoms with Crippen LogP contribution in [-0.2, 0) is 20.8 Å². The second kappa shape index (κ2) is 17.7. The van der Waals surface area contributed by atoms with Gasteiger partial charge < -0.3 is 25.8 Å². The number of para-hydroxylation sites is 1. The van der Waals surface area contributed by atoms with E-state index < -0.39 is 29.9 Å². The quantitative estimate of drug-likeness (QED) is 0.436. The summed E-state index contributed by atoms with van der Waals surface area (Å²) < 4.78 is 5.87. The number of carboxylic acids is 1. The average molecular weight is 566 g/mol. The fourth-order valence-electron chi connectivity index (χ4n) is 4.86. The van der Waals surface area contributed by atoms with Crippen molar-refractivity contribution in [3.05, 3.63) is 65.7 Å². The van der Waals surface area contributed by atoms with Gasteiger partial charge in [0, 0.05) is 19.4 Å². The van der Waals surface area contributed by atoms with Crippen LogP contribution in [0.2, 0.25) is 0 Å². The molecule has 0 saturated heterocycles. The third-order valence-corrected chi connectivity index (χ3v) is 7.21. The van der Waals surface area contributed by atoms with Gasteiger partial charge in [-0.05, 0) is 37.0 Å². The summed E-state index contributed by atoms with van der Waals surface area (Å²) in [4.78, 5) is 50.8. The molecule has 3 amide bonds. The van der Waals surface area contributed by atoms with E-state index >= 15 is 0 Å². The summed E-state index contributed by atoms with van der Waals surface area (Å²) in [6, 6.07) is 14.1. The Labute approximate surface area is 242 Å². The van der Waals surface area contributed by atoms with Gasteiger partial charge in [-0.1, -0.05) is 87.4 Å². The molecule has 0 unspecified atom stereocenters. The second-order valence-corrected chi connectivity index (χ2v) is 10.5. The number of hydrogen-bond donors (Lipinski definition) is 4. The van der Waals surface area contributed by atoms with E-state index in [4.69, 9.17) is 4.74 Å². The zero-order chi connectivity index (χ0) is 29.3. The lowest BCUT2D eigenvalue weighted by molar-refractivity contribution is -0.139. The maximum absolute atomic E-state index is 13.0. The molecule has 222 valence electrons. The minimum atomic E-state index is -1.28. The van der Waals surface area contributed by atoms with Crippen LogP contribution >= 0.6 is 0 Å². The fraction of sp³-hybridized carbons (Fsp3) is 0.500. The summed E-state index contributed by atoms with van der Waals surface area (Å²) in [5, 5.41) is 18.0. The van der Waals surface area contributed by atoms with Crippen LogP contribution in [0.3, 0.4) is 0 Å². The first kappa shape index (κ1) is 31.6. The highest BCUT2D eigenvalue weighted by molar-refractivity contribution is 5.99. The molecule has 41 heavy (non-hydrogen) atoms. The van der Waals surface area contributed by atoms with Gasteiger partial charge in [-0.2, -0.15) is 0 Å². The number of nitrogens with one attached hydrogen (secondary N) is 3. The van der Waals surface area contributed by atoms with E-state index in [9.17, 15) is 24.3 Å². The molecule has 0 fully saturated rings. The van der Waals surface area contributed by atoms with Crippen molar-refractivity contribution >= 4 is 23.7 Å². The van der Waals surface area contributed by atoms with Crippen LogP contribution in [0.5, 0.6) is 5.75 Å². The van der Waals surface area contributed by atoms with Crippen molar-refractivity contribution in [3.8, 4) is 5.75 Å². The van der Waals surface area contributed by atoms with Gasteiger partial charge in [0.2, 0.25) is 11.8 Å². The number of fused-ring (bicyclic) bond motifs is 1. The Kier molecular flexibility index (Phi) is 13.7. The molecule has 0 radical (unpaired) electrons. The number of carbonyl (C=O) groups is 4. The molecular formula is C32H43N3O6. The van der Waals surface area contributed by atoms with Crippen molar-refractivity contribution < 1.29 is 29.0 Å². The second-order valence-electron chi connectivity index (χ2n) is 10.5. The zero-order valence-electron chi connectivity index (χ0n) is 23.7. The average Bonchev–Trinajstić information content (AvgIpc) is 2.97. The largest absolute Gasteiger partial charge is 0.493 e. The van der Waals surface area contributed by atoms with Gasteiger partial charge in [0.25, 0.3) is 5.91 Å². The number of ether oxygens (including phenoxy) is 1. The zero-order valence-corrected chi connectivity index (χ0v) is 23.7. The highest BCUT2D eigenvalue weighted by Crippen LogP contribution is 2.19. The van der Waals surface area contributed by atoms with Gasteiger partial charge in [0.05, 0.1) is 12.2 Å². The molecule has 3 rings (SSSR count). The Bertz CT molecular complexity index is 1120. The molecule has 1 heterocycles. The van der Waals surface area contributed by atoms with Crippen molar-refractivity contribution in [2.75, 3.05) is 13.2 Å². The lowest BCUT2D eigenvalue weighted by atomic mass is 10.0. The molecule has 0 aromatic heterocycles. The lowest BCUT2D eigenvalue weighted by Gasteiger charge is -2.20. The highest BCUT2D eigenvalue weighted by atomic mass is 16.5. The summed E-state index contributed by atoms with van der Waals surface area (Å²) in [5.41, 5.74) is 1.15. The van der Waals surface area contributed by atoms with Gasteiger partial charge in [0.15, 0.2) is 0 Å². The summed E-state index contributed by atoms with van der Waals surface area (Å²) in [7, 11) is 0. The van der Waals surface area contributed by atoms with E-state index in [-0.39, 0.29) is 24.3 Å². The van der Waals surface area contributed by atoms with Gasteiger partial charge in [-0.15, -0.1) is 0 Å². The summed E-state index contributed by atoms with van der Waals surface area (Å²) in [5.74, 6) is -2.15. The topological polar surface area (TPSA) is 134 Å². The van der Waals surface area contributed by atoms with E-state index in [1.54, 1.807) is 24.3 Å². The van der Waals surface area contributed by atoms with Gasteiger partial charge in [0.1, 0.15) is 17.8 Å². The van der Waals surface area contributed by atoms with Crippen molar-refractivity contribution in [2.24, 2.45) is 0 Å². The van der Waals surface area contributed by atoms with E-state index in [1.165, 1.54) is 6.42 Å². The van der Waals surface area contributed by atoms with Crippen LogP contribution in [0.1, 0.15) is 86.6 Å². The molecule has 0 saturated carbocycles. The molecule has 2 atom stereocenters. The molecule has 0 aliphatic carbocycles. The Balaban J connectivity index is 1.69. The van der Waals surface area contributed by atoms with Crippen LogP contribution in [0.15, 0.2) is 54.6 Å². The number of aliphatic carboxylic acids is 1. The first-order valence-corrected chi connectivity index (χ1v) is 14.8. The van der Waals surface area contributed by atoms with Crippen molar-refractivity contribution in [2.45, 2.75) is 89.1 Å². The molecule has 0 bridgehead atoms. The third-order valence-electron chi connectivity index (χ3n) is 7.21. The summed E-state index contributed by atoms with van der Waals surface area (Å²) in [6.45, 7) is 1.01. The van der Waals surface area contributed by atoms with Crippen LogP contribution < -0.4 is 20.7 Å². The fourth-order valence-corrected chi connectivity index (χ4v) is 4.86. The minimum Gasteiger partial charge on any atom is -0.493 e. The first-order valence-electron chi connectivity index (χ1n) is 14.8. The molecule has 9 nitrogen and oxygen atoms in total. The maximum Gasteiger partial charge on any atom is 0.326 e. The molecule has 2 aromatic rings. The van der Waals surface area contributed by atoms with Crippen LogP contribution in [0.4, 0.5) is 0 Å². The molecule has 4 N–H and O–H groups in total. The Morgan fingerprint density at radius 3 is 2.15 bits per heavy atom. The smallest absolute Gasteiger partial charge is 0.326 e. The lowest BCUT2D eigenvalue weighted by Crippen LogP contribution is -2.49. The third kappa shape index (κ3) is 11.6. The van der Waals surface area contributed by atoms with E-state index in [0.717, 1.165) is 56.9 Å². The van der Waals surface area contributed by atoms with Gasteiger partial charge in [-0.25, -0.2) is 4.79 Å². The monoisotopic (exact) mass is 565 g/mol. The van der Waals surface area contributed by atoms with Gasteiger partial charge in [-0.3, -0.25) is 14.4 Å². The Morgan fingerprint density at radius 2 is 1.44 bits per heavy atom. The highest BCUT2D eigenvalue weighted by Gasteiger charge is 2.25.